The highest BCUT2D eigenvalue weighted by atomic mass is 16.5. The van der Waals surface area contributed by atoms with Crippen LogP contribution in [-0.4, -0.2) is 20.2 Å². The van der Waals surface area contributed by atoms with E-state index in [1.807, 2.05) is 66.7 Å². The van der Waals surface area contributed by atoms with Gasteiger partial charge in [-0.05, 0) is 47.5 Å². The Hall–Kier alpha value is -4.00. The van der Waals surface area contributed by atoms with Crippen molar-refractivity contribution in [1.29, 1.82) is 0 Å². The van der Waals surface area contributed by atoms with Crippen LogP contribution >= 0.6 is 0 Å². The monoisotopic (exact) mass is 384 g/mol. The number of pyridine rings is 1. The molecule has 0 bridgehead atoms. The van der Waals surface area contributed by atoms with Crippen molar-refractivity contribution in [2.45, 2.75) is 13.2 Å². The molecule has 7 heteroatoms. The van der Waals surface area contributed by atoms with Gasteiger partial charge in [0, 0.05) is 24.6 Å². The van der Waals surface area contributed by atoms with Crippen LogP contribution < -0.4 is 15.4 Å². The third kappa shape index (κ3) is 5.49. The van der Waals surface area contributed by atoms with Gasteiger partial charge in [-0.3, -0.25) is 4.98 Å². The first-order valence-corrected chi connectivity index (χ1v) is 9.21. The Balaban J connectivity index is 1.33. The molecule has 0 radical (unpaired) electrons. The maximum absolute atomic E-state index is 5.80. The molecule has 2 aromatic carbocycles. The molecular weight excluding hydrogens is 364 g/mol. The van der Waals surface area contributed by atoms with E-state index in [1.54, 1.807) is 18.6 Å². The first-order chi connectivity index (χ1) is 14.3. The van der Waals surface area contributed by atoms with Crippen LogP contribution in [-0.2, 0) is 13.2 Å². The van der Waals surface area contributed by atoms with Crippen LogP contribution in [0.2, 0.25) is 0 Å². The molecule has 4 rings (SSSR count). The lowest BCUT2D eigenvalue weighted by Crippen LogP contribution is -2.05. The normalized spacial score (nSPS) is 10.3. The van der Waals surface area contributed by atoms with Gasteiger partial charge in [0.25, 0.3) is 0 Å². The topological polar surface area (TPSA) is 84.9 Å². The Morgan fingerprint density at radius 2 is 1.62 bits per heavy atom. The predicted octanol–water partition coefficient (Wildman–Crippen LogP) is 4.20. The van der Waals surface area contributed by atoms with Crippen LogP contribution in [0.3, 0.4) is 0 Å². The summed E-state index contributed by atoms with van der Waals surface area (Å²) in [5.41, 5.74) is 3.09. The lowest BCUT2D eigenvalue weighted by Gasteiger charge is -2.09. The van der Waals surface area contributed by atoms with Gasteiger partial charge in [-0.25, -0.2) is 0 Å². The maximum Gasteiger partial charge on any atom is 0.249 e. The van der Waals surface area contributed by atoms with Crippen molar-refractivity contribution in [3.05, 3.63) is 96.4 Å². The molecule has 0 aliphatic carbocycles. The number of hydrogen-bond acceptors (Lipinski definition) is 7. The number of ether oxygens (including phenoxy) is 1. The van der Waals surface area contributed by atoms with E-state index in [4.69, 9.17) is 4.74 Å². The van der Waals surface area contributed by atoms with Gasteiger partial charge in [-0.1, -0.05) is 30.3 Å². The Morgan fingerprint density at radius 1 is 0.828 bits per heavy atom. The van der Waals surface area contributed by atoms with Crippen LogP contribution in [0.1, 0.15) is 11.1 Å². The van der Waals surface area contributed by atoms with Crippen LogP contribution in [0.15, 0.2) is 85.3 Å². The Kier molecular flexibility index (Phi) is 5.87. The summed E-state index contributed by atoms with van der Waals surface area (Å²) in [7, 11) is 0. The fourth-order valence-corrected chi connectivity index (χ4v) is 2.64. The van der Waals surface area contributed by atoms with E-state index in [1.165, 1.54) is 0 Å². The van der Waals surface area contributed by atoms with E-state index in [2.05, 4.69) is 30.8 Å². The summed E-state index contributed by atoms with van der Waals surface area (Å²) in [5, 5.41) is 14.4. The van der Waals surface area contributed by atoms with Crippen LogP contribution in [0.5, 0.6) is 5.75 Å². The summed E-state index contributed by atoms with van der Waals surface area (Å²) in [4.78, 5) is 8.45. The summed E-state index contributed by atoms with van der Waals surface area (Å²) in [6.07, 6.45) is 5.11. The quantitative estimate of drug-likeness (QED) is 0.471. The summed E-state index contributed by atoms with van der Waals surface area (Å²) in [6, 6.07) is 21.6. The summed E-state index contributed by atoms with van der Waals surface area (Å²) in [6.45, 7) is 1.17. The molecule has 0 aliphatic rings. The van der Waals surface area contributed by atoms with E-state index >= 15 is 0 Å². The molecule has 0 amide bonds. The zero-order chi connectivity index (χ0) is 19.7. The van der Waals surface area contributed by atoms with E-state index in [9.17, 15) is 0 Å². The minimum atomic E-state index is 0.419. The first-order valence-electron chi connectivity index (χ1n) is 9.21. The molecule has 2 aromatic heterocycles. The zero-order valence-corrected chi connectivity index (χ0v) is 15.7. The smallest absolute Gasteiger partial charge is 0.249 e. The predicted molar refractivity (Wildman–Crippen MR) is 112 cm³/mol. The fraction of sp³-hybridized carbons (Fsp3) is 0.0909. The van der Waals surface area contributed by atoms with Crippen molar-refractivity contribution in [2.24, 2.45) is 0 Å². The fourth-order valence-electron chi connectivity index (χ4n) is 2.64. The lowest BCUT2D eigenvalue weighted by atomic mass is 10.2. The zero-order valence-electron chi connectivity index (χ0n) is 15.7. The molecule has 2 N–H and O–H groups in total. The minimum absolute atomic E-state index is 0.419. The number of hydrogen-bond donors (Lipinski definition) is 2. The molecule has 29 heavy (non-hydrogen) atoms. The lowest BCUT2D eigenvalue weighted by molar-refractivity contribution is 0.306. The molecule has 7 nitrogen and oxygen atoms in total. The van der Waals surface area contributed by atoms with Crippen molar-refractivity contribution in [2.75, 3.05) is 10.6 Å². The Labute approximate surface area is 168 Å². The van der Waals surface area contributed by atoms with E-state index in [0.29, 0.717) is 24.9 Å². The Morgan fingerprint density at radius 3 is 2.41 bits per heavy atom. The molecule has 0 fully saturated rings. The average Bonchev–Trinajstić information content (AvgIpc) is 2.79. The van der Waals surface area contributed by atoms with Gasteiger partial charge in [-0.15, -0.1) is 5.10 Å². The van der Waals surface area contributed by atoms with Crippen molar-refractivity contribution < 1.29 is 4.74 Å². The van der Waals surface area contributed by atoms with Gasteiger partial charge >= 0.3 is 0 Å². The molecule has 2 heterocycles. The van der Waals surface area contributed by atoms with Gasteiger partial charge in [0.05, 0.1) is 6.20 Å². The standard InChI is InChI=1S/C22H20N6O/c1-2-4-18(5-3-1)16-29-20-8-6-19(7-9-20)26-22-27-21(15-25-28-22)24-14-17-10-12-23-13-11-17/h1-13,15H,14,16H2,(H2,24,26,27,28). The molecule has 0 spiro atoms. The van der Waals surface area contributed by atoms with Crippen LogP contribution in [0.4, 0.5) is 17.5 Å². The van der Waals surface area contributed by atoms with E-state index < -0.39 is 0 Å². The molecular formula is C22H20N6O. The molecule has 0 atom stereocenters. The highest BCUT2D eigenvalue weighted by Gasteiger charge is 2.03. The molecule has 0 aliphatic heterocycles. The molecule has 0 unspecified atom stereocenters. The minimum Gasteiger partial charge on any atom is -0.489 e. The second-order valence-electron chi connectivity index (χ2n) is 6.30. The van der Waals surface area contributed by atoms with Crippen molar-refractivity contribution >= 4 is 17.5 Å². The van der Waals surface area contributed by atoms with Gasteiger partial charge in [0.2, 0.25) is 5.95 Å². The van der Waals surface area contributed by atoms with Gasteiger partial charge in [0.15, 0.2) is 5.82 Å². The van der Waals surface area contributed by atoms with Crippen molar-refractivity contribution in [3.8, 4) is 5.75 Å². The van der Waals surface area contributed by atoms with E-state index in [0.717, 1.165) is 22.6 Å². The maximum atomic E-state index is 5.80. The third-order valence-electron chi connectivity index (χ3n) is 4.14. The summed E-state index contributed by atoms with van der Waals surface area (Å²) < 4.78 is 5.80. The first kappa shape index (κ1) is 18.4. The number of anilines is 3. The van der Waals surface area contributed by atoms with Crippen molar-refractivity contribution in [1.82, 2.24) is 20.2 Å². The van der Waals surface area contributed by atoms with Crippen LogP contribution in [0.25, 0.3) is 0 Å². The van der Waals surface area contributed by atoms with Gasteiger partial charge < -0.3 is 15.4 Å². The number of rotatable bonds is 8. The number of nitrogens with zero attached hydrogens (tertiary/aromatic N) is 4. The molecule has 4 aromatic rings. The Bertz CT molecular complexity index is 1030. The molecule has 0 saturated carbocycles. The van der Waals surface area contributed by atoms with E-state index in [-0.39, 0.29) is 0 Å². The molecule has 144 valence electrons. The highest BCUT2D eigenvalue weighted by molar-refractivity contribution is 5.55. The van der Waals surface area contributed by atoms with Crippen LogP contribution in [0, 0.1) is 0 Å². The van der Waals surface area contributed by atoms with Gasteiger partial charge in [0.1, 0.15) is 12.4 Å². The molecule has 0 saturated heterocycles. The third-order valence-corrected chi connectivity index (χ3v) is 4.14. The second kappa shape index (κ2) is 9.27. The summed E-state index contributed by atoms with van der Waals surface area (Å²) in [5.74, 6) is 1.86. The number of aromatic nitrogens is 4. The second-order valence-corrected chi connectivity index (χ2v) is 6.30. The average molecular weight is 384 g/mol. The number of nitrogens with one attached hydrogen (secondary N) is 2. The summed E-state index contributed by atoms with van der Waals surface area (Å²) >= 11 is 0. The van der Waals surface area contributed by atoms with Gasteiger partial charge in [-0.2, -0.15) is 10.1 Å². The number of benzene rings is 2. The van der Waals surface area contributed by atoms with Crippen molar-refractivity contribution in [3.63, 3.8) is 0 Å². The highest BCUT2D eigenvalue weighted by Crippen LogP contribution is 2.19. The SMILES string of the molecule is c1ccc(COc2ccc(Nc3nncc(NCc4ccncc4)n3)cc2)cc1. The largest absolute Gasteiger partial charge is 0.489 e.